The van der Waals surface area contributed by atoms with Gasteiger partial charge in [-0.15, -0.1) is 5.10 Å². The van der Waals surface area contributed by atoms with Crippen LogP contribution in [0.25, 0.3) is 0 Å². The molecule has 17 heavy (non-hydrogen) atoms. The molecular formula is C10H11N5OS. The molecule has 0 saturated heterocycles. The molecule has 2 aromatic heterocycles. The molecule has 0 aromatic carbocycles. The Morgan fingerprint density at radius 3 is 3.06 bits per heavy atom. The zero-order chi connectivity index (χ0) is 12.3. The summed E-state index contributed by atoms with van der Waals surface area (Å²) in [5.74, 6) is 0.650. The largest absolute Gasteiger partial charge is 0.352 e. The van der Waals surface area contributed by atoms with Gasteiger partial charge in [0.05, 0.1) is 5.56 Å². The summed E-state index contributed by atoms with van der Waals surface area (Å²) in [5, 5.41) is 9.16. The quantitative estimate of drug-likeness (QED) is 0.722. The number of aryl methyl sites for hydroxylation is 1. The van der Waals surface area contributed by atoms with Gasteiger partial charge < -0.3 is 4.98 Å². The minimum absolute atomic E-state index is 0.255. The molecule has 0 atom stereocenters. The van der Waals surface area contributed by atoms with E-state index in [1.807, 2.05) is 6.92 Å². The molecule has 1 amide bonds. The highest BCUT2D eigenvalue weighted by Crippen LogP contribution is 2.05. The number of hydrogen-bond acceptors (Lipinski definition) is 4. The Balaban J connectivity index is 2.17. The Bertz CT molecular complexity index is 588. The Hall–Kier alpha value is -2.02. The molecule has 0 bridgehead atoms. The van der Waals surface area contributed by atoms with Gasteiger partial charge in [0, 0.05) is 12.6 Å². The summed E-state index contributed by atoms with van der Waals surface area (Å²) < 4.78 is 0.385. The second-order valence-corrected chi connectivity index (χ2v) is 3.73. The number of amides is 1. The lowest BCUT2D eigenvalue weighted by Gasteiger charge is -2.00. The van der Waals surface area contributed by atoms with E-state index in [2.05, 4.69) is 25.5 Å². The van der Waals surface area contributed by atoms with E-state index < -0.39 is 0 Å². The van der Waals surface area contributed by atoms with E-state index in [0.717, 1.165) is 12.2 Å². The Kier molecular flexibility index (Phi) is 3.29. The van der Waals surface area contributed by atoms with E-state index >= 15 is 0 Å². The number of anilines is 1. The first-order valence-electron chi connectivity index (χ1n) is 5.11. The topological polar surface area (TPSA) is 86.5 Å². The van der Waals surface area contributed by atoms with Crippen LogP contribution in [0.1, 0.15) is 23.1 Å². The predicted octanol–water partition coefficient (Wildman–Crippen LogP) is 1.68. The number of nitrogens with one attached hydrogen (secondary N) is 3. The summed E-state index contributed by atoms with van der Waals surface area (Å²) in [6.07, 6.45) is 2.40. The van der Waals surface area contributed by atoms with Crippen LogP contribution in [0.3, 0.4) is 0 Å². The van der Waals surface area contributed by atoms with Crippen molar-refractivity contribution >= 4 is 24.1 Å². The number of rotatable bonds is 3. The molecule has 0 aliphatic carbocycles. The Labute approximate surface area is 102 Å². The van der Waals surface area contributed by atoms with Gasteiger partial charge in [0.2, 0.25) is 5.95 Å². The van der Waals surface area contributed by atoms with Crippen LogP contribution in [0.15, 0.2) is 18.3 Å². The van der Waals surface area contributed by atoms with Crippen molar-refractivity contribution in [1.82, 2.24) is 20.2 Å². The minimum Gasteiger partial charge on any atom is -0.352 e. The second-order valence-electron chi connectivity index (χ2n) is 3.33. The van der Waals surface area contributed by atoms with E-state index in [1.54, 1.807) is 18.3 Å². The maximum absolute atomic E-state index is 11.8. The standard InChI is InChI=1S/C10H11N5OS/c1-2-7-12-10(15-14-7)13-8(16)6-4-3-5-11-9(6)17/h3-5H,2H2,1H3,(H,11,17)(H2,12,13,14,15,16). The summed E-state index contributed by atoms with van der Waals surface area (Å²) in [7, 11) is 0. The molecule has 7 heteroatoms. The fourth-order valence-electron chi connectivity index (χ4n) is 1.28. The summed E-state index contributed by atoms with van der Waals surface area (Å²) in [6, 6.07) is 3.35. The molecule has 2 heterocycles. The van der Waals surface area contributed by atoms with Crippen molar-refractivity contribution in [2.45, 2.75) is 13.3 Å². The third-order valence-electron chi connectivity index (χ3n) is 2.15. The zero-order valence-electron chi connectivity index (χ0n) is 9.15. The van der Waals surface area contributed by atoms with Crippen molar-refractivity contribution in [2.24, 2.45) is 0 Å². The van der Waals surface area contributed by atoms with Crippen LogP contribution < -0.4 is 5.32 Å². The fourth-order valence-corrected chi connectivity index (χ4v) is 1.51. The number of H-pyrrole nitrogens is 2. The number of carbonyl (C=O) groups excluding carboxylic acids is 1. The van der Waals surface area contributed by atoms with Gasteiger partial charge in [0.15, 0.2) is 0 Å². The molecule has 0 spiro atoms. The van der Waals surface area contributed by atoms with Crippen LogP contribution in [0.5, 0.6) is 0 Å². The van der Waals surface area contributed by atoms with Gasteiger partial charge in [-0.3, -0.25) is 15.2 Å². The van der Waals surface area contributed by atoms with Crippen LogP contribution in [0.4, 0.5) is 5.95 Å². The highest BCUT2D eigenvalue weighted by Gasteiger charge is 2.10. The molecule has 3 N–H and O–H groups in total. The third kappa shape index (κ3) is 2.56. The first kappa shape index (κ1) is 11.5. The van der Waals surface area contributed by atoms with E-state index in [4.69, 9.17) is 12.2 Å². The molecule has 0 radical (unpaired) electrons. The maximum atomic E-state index is 11.8. The third-order valence-corrected chi connectivity index (χ3v) is 2.49. The van der Waals surface area contributed by atoms with Crippen molar-refractivity contribution < 1.29 is 4.79 Å². The van der Waals surface area contributed by atoms with Crippen LogP contribution in [0.2, 0.25) is 0 Å². The average Bonchev–Trinajstić information content (AvgIpc) is 2.77. The van der Waals surface area contributed by atoms with Crippen LogP contribution in [-0.4, -0.2) is 26.1 Å². The van der Waals surface area contributed by atoms with E-state index in [0.29, 0.717) is 10.2 Å². The minimum atomic E-state index is -0.325. The first-order valence-corrected chi connectivity index (χ1v) is 5.52. The van der Waals surface area contributed by atoms with Gasteiger partial charge in [0.1, 0.15) is 10.5 Å². The number of pyridine rings is 1. The van der Waals surface area contributed by atoms with Crippen LogP contribution in [-0.2, 0) is 6.42 Å². The molecule has 0 aliphatic heterocycles. The lowest BCUT2D eigenvalue weighted by Crippen LogP contribution is -2.13. The van der Waals surface area contributed by atoms with Gasteiger partial charge in [-0.1, -0.05) is 19.1 Å². The Morgan fingerprint density at radius 1 is 1.59 bits per heavy atom. The van der Waals surface area contributed by atoms with Crippen molar-refractivity contribution in [3.63, 3.8) is 0 Å². The normalized spacial score (nSPS) is 10.2. The second kappa shape index (κ2) is 4.88. The number of aromatic nitrogens is 4. The molecule has 2 aromatic rings. The molecule has 0 aliphatic rings. The SMILES string of the molecule is CCc1nc(NC(=O)c2ccc[nH]c2=S)n[nH]1. The molecule has 0 unspecified atom stereocenters. The van der Waals surface area contributed by atoms with Gasteiger partial charge >= 0.3 is 0 Å². The summed E-state index contributed by atoms with van der Waals surface area (Å²) >= 11 is 5.01. The average molecular weight is 249 g/mol. The smallest absolute Gasteiger partial charge is 0.261 e. The molecule has 0 fully saturated rings. The van der Waals surface area contributed by atoms with Gasteiger partial charge in [-0.2, -0.15) is 4.98 Å². The van der Waals surface area contributed by atoms with Gasteiger partial charge in [0.25, 0.3) is 5.91 Å². The molecular weight excluding hydrogens is 238 g/mol. The lowest BCUT2D eigenvalue weighted by atomic mass is 10.3. The number of hydrogen-bond donors (Lipinski definition) is 3. The van der Waals surface area contributed by atoms with Crippen molar-refractivity contribution in [3.05, 3.63) is 34.4 Å². The predicted molar refractivity (Wildman–Crippen MR) is 65.3 cm³/mol. The van der Waals surface area contributed by atoms with E-state index in [9.17, 15) is 4.79 Å². The summed E-state index contributed by atoms with van der Waals surface area (Å²) in [5.41, 5.74) is 0.394. The van der Waals surface area contributed by atoms with Crippen molar-refractivity contribution in [2.75, 3.05) is 5.32 Å². The monoisotopic (exact) mass is 249 g/mol. The number of aromatic amines is 2. The fraction of sp³-hybridized carbons (Fsp3) is 0.200. The Morgan fingerprint density at radius 2 is 2.41 bits per heavy atom. The summed E-state index contributed by atoms with van der Waals surface area (Å²) in [4.78, 5) is 18.7. The molecule has 0 saturated carbocycles. The van der Waals surface area contributed by atoms with Crippen molar-refractivity contribution in [3.8, 4) is 0 Å². The number of carbonyl (C=O) groups is 1. The zero-order valence-corrected chi connectivity index (χ0v) is 9.97. The maximum Gasteiger partial charge on any atom is 0.261 e. The lowest BCUT2D eigenvalue weighted by molar-refractivity contribution is 0.102. The first-order chi connectivity index (χ1) is 8.20. The highest BCUT2D eigenvalue weighted by atomic mass is 32.1. The summed E-state index contributed by atoms with van der Waals surface area (Å²) in [6.45, 7) is 1.94. The van der Waals surface area contributed by atoms with Crippen molar-refractivity contribution in [1.29, 1.82) is 0 Å². The molecule has 2 rings (SSSR count). The van der Waals surface area contributed by atoms with Crippen LogP contribution in [0, 0.1) is 4.64 Å². The highest BCUT2D eigenvalue weighted by molar-refractivity contribution is 7.71. The van der Waals surface area contributed by atoms with Gasteiger partial charge in [-0.05, 0) is 12.1 Å². The van der Waals surface area contributed by atoms with E-state index in [-0.39, 0.29) is 11.9 Å². The number of nitrogens with zero attached hydrogens (tertiary/aromatic N) is 2. The van der Waals surface area contributed by atoms with Crippen LogP contribution >= 0.6 is 12.2 Å². The van der Waals surface area contributed by atoms with Gasteiger partial charge in [-0.25, -0.2) is 0 Å². The molecule has 6 nitrogen and oxygen atoms in total. The molecule has 88 valence electrons. The van der Waals surface area contributed by atoms with E-state index in [1.165, 1.54) is 0 Å².